The van der Waals surface area contributed by atoms with Crippen molar-refractivity contribution in [3.63, 3.8) is 0 Å². The van der Waals surface area contributed by atoms with Gasteiger partial charge in [-0.3, -0.25) is 9.20 Å². The zero-order valence-corrected chi connectivity index (χ0v) is 15.1. The molecule has 1 amide bonds. The Morgan fingerprint density at radius 2 is 2.19 bits per heavy atom. The number of pyridine rings is 1. The molecule has 1 aliphatic rings. The predicted molar refractivity (Wildman–Crippen MR) is 97.8 cm³/mol. The molecular formula is C19H24N6O. The van der Waals surface area contributed by atoms with E-state index in [1.165, 1.54) is 0 Å². The van der Waals surface area contributed by atoms with Gasteiger partial charge in [-0.25, -0.2) is 4.98 Å². The molecule has 4 heterocycles. The average Bonchev–Trinajstić information content (AvgIpc) is 3.32. The van der Waals surface area contributed by atoms with Crippen LogP contribution in [-0.4, -0.2) is 48.0 Å². The molecule has 1 saturated heterocycles. The summed E-state index contributed by atoms with van der Waals surface area (Å²) < 4.78 is 4.11. The van der Waals surface area contributed by atoms with Gasteiger partial charge in [0.05, 0.1) is 0 Å². The Balaban J connectivity index is 1.42. The molecular weight excluding hydrogens is 328 g/mol. The topological polar surface area (TPSA) is 68.3 Å². The number of aryl methyl sites for hydroxylation is 2. The first kappa shape index (κ1) is 16.8. The molecule has 7 nitrogen and oxygen atoms in total. The number of aromatic nitrogens is 5. The second kappa shape index (κ2) is 7.27. The molecule has 0 saturated carbocycles. The number of amides is 1. The number of fused-ring (bicyclic) bond motifs is 1. The van der Waals surface area contributed by atoms with Crippen LogP contribution in [0.2, 0.25) is 0 Å². The summed E-state index contributed by atoms with van der Waals surface area (Å²) in [5.41, 5.74) is 0.859. The molecule has 0 N–H and O–H groups in total. The third-order valence-electron chi connectivity index (χ3n) is 5.16. The van der Waals surface area contributed by atoms with Gasteiger partial charge >= 0.3 is 0 Å². The zero-order valence-electron chi connectivity index (χ0n) is 15.1. The van der Waals surface area contributed by atoms with Crippen molar-refractivity contribution in [3.05, 3.63) is 48.4 Å². The Kier molecular flexibility index (Phi) is 4.69. The first-order valence-corrected chi connectivity index (χ1v) is 9.33. The fourth-order valence-corrected chi connectivity index (χ4v) is 3.78. The zero-order chi connectivity index (χ0) is 17.9. The third-order valence-corrected chi connectivity index (χ3v) is 5.16. The molecule has 4 rings (SSSR count). The van der Waals surface area contributed by atoms with E-state index in [4.69, 9.17) is 0 Å². The number of likely N-dealkylation sites (tertiary alicyclic amines) is 1. The van der Waals surface area contributed by atoms with Crippen molar-refractivity contribution in [1.29, 1.82) is 0 Å². The number of imidazole rings is 1. The predicted octanol–water partition coefficient (Wildman–Crippen LogP) is 2.28. The van der Waals surface area contributed by atoms with E-state index >= 15 is 0 Å². The van der Waals surface area contributed by atoms with Gasteiger partial charge in [-0.05, 0) is 25.0 Å². The van der Waals surface area contributed by atoms with Crippen molar-refractivity contribution < 1.29 is 4.79 Å². The van der Waals surface area contributed by atoms with Crippen LogP contribution >= 0.6 is 0 Å². The van der Waals surface area contributed by atoms with Gasteiger partial charge in [0.1, 0.15) is 11.6 Å². The lowest BCUT2D eigenvalue weighted by atomic mass is 9.97. The third kappa shape index (κ3) is 3.21. The lowest BCUT2D eigenvalue weighted by Crippen LogP contribution is -2.39. The molecule has 26 heavy (non-hydrogen) atoms. The number of hydrogen-bond donors (Lipinski definition) is 0. The summed E-state index contributed by atoms with van der Waals surface area (Å²) in [6.45, 7) is 4.32. The molecule has 3 aromatic rings. The maximum atomic E-state index is 12.7. The van der Waals surface area contributed by atoms with E-state index in [9.17, 15) is 4.79 Å². The lowest BCUT2D eigenvalue weighted by molar-refractivity contribution is -0.132. The summed E-state index contributed by atoms with van der Waals surface area (Å²) in [5, 5.41) is 8.64. The number of piperidine rings is 1. The quantitative estimate of drug-likeness (QED) is 0.706. The van der Waals surface area contributed by atoms with E-state index in [0.717, 1.165) is 49.6 Å². The molecule has 0 aliphatic carbocycles. The van der Waals surface area contributed by atoms with Crippen molar-refractivity contribution in [2.75, 3.05) is 13.1 Å². The number of carbonyl (C=O) groups excluding carboxylic acids is 1. The minimum atomic E-state index is 0.208. The summed E-state index contributed by atoms with van der Waals surface area (Å²) in [7, 11) is 0. The molecule has 1 unspecified atom stereocenters. The first-order valence-electron chi connectivity index (χ1n) is 9.33. The molecule has 0 aromatic carbocycles. The van der Waals surface area contributed by atoms with Crippen LogP contribution < -0.4 is 0 Å². The Bertz CT molecular complexity index is 898. The Labute approximate surface area is 152 Å². The van der Waals surface area contributed by atoms with E-state index < -0.39 is 0 Å². The fourth-order valence-electron chi connectivity index (χ4n) is 3.78. The van der Waals surface area contributed by atoms with Crippen LogP contribution in [0.15, 0.2) is 36.8 Å². The Morgan fingerprint density at radius 3 is 3.08 bits per heavy atom. The highest BCUT2D eigenvalue weighted by atomic mass is 16.2. The minimum Gasteiger partial charge on any atom is -0.342 e. The van der Waals surface area contributed by atoms with Crippen LogP contribution in [-0.2, 0) is 17.8 Å². The summed E-state index contributed by atoms with van der Waals surface area (Å²) >= 11 is 0. The molecule has 0 radical (unpaired) electrons. The van der Waals surface area contributed by atoms with Crippen LogP contribution in [0.3, 0.4) is 0 Å². The summed E-state index contributed by atoms with van der Waals surface area (Å²) in [6, 6.07) is 5.91. The van der Waals surface area contributed by atoms with Gasteiger partial charge in [0, 0.05) is 57.0 Å². The molecule has 1 aliphatic heterocycles. The summed E-state index contributed by atoms with van der Waals surface area (Å²) in [6.07, 6.45) is 9.19. The number of nitrogens with zero attached hydrogens (tertiary/aromatic N) is 6. The SMILES string of the molecule is CCc1nccn1CCC(=O)N1CCCC(c2nnc3ccccn23)C1. The van der Waals surface area contributed by atoms with E-state index in [-0.39, 0.29) is 11.8 Å². The van der Waals surface area contributed by atoms with E-state index in [0.29, 0.717) is 13.0 Å². The maximum Gasteiger partial charge on any atom is 0.224 e. The minimum absolute atomic E-state index is 0.208. The van der Waals surface area contributed by atoms with Crippen molar-refractivity contribution in [2.45, 2.75) is 45.1 Å². The van der Waals surface area contributed by atoms with Gasteiger partial charge < -0.3 is 9.47 Å². The van der Waals surface area contributed by atoms with Crippen LogP contribution in [0.25, 0.3) is 5.65 Å². The second-order valence-corrected chi connectivity index (χ2v) is 6.81. The smallest absolute Gasteiger partial charge is 0.224 e. The van der Waals surface area contributed by atoms with Gasteiger partial charge in [0.25, 0.3) is 0 Å². The largest absolute Gasteiger partial charge is 0.342 e. The van der Waals surface area contributed by atoms with Gasteiger partial charge in [-0.1, -0.05) is 13.0 Å². The van der Waals surface area contributed by atoms with Crippen molar-refractivity contribution in [3.8, 4) is 0 Å². The van der Waals surface area contributed by atoms with Crippen LogP contribution in [0.5, 0.6) is 0 Å². The highest BCUT2D eigenvalue weighted by Gasteiger charge is 2.27. The number of carbonyl (C=O) groups is 1. The van der Waals surface area contributed by atoms with Crippen molar-refractivity contribution >= 4 is 11.6 Å². The summed E-state index contributed by atoms with van der Waals surface area (Å²) in [5.74, 6) is 2.44. The van der Waals surface area contributed by atoms with Crippen molar-refractivity contribution in [2.24, 2.45) is 0 Å². The summed E-state index contributed by atoms with van der Waals surface area (Å²) in [4.78, 5) is 19.0. The van der Waals surface area contributed by atoms with Gasteiger partial charge in [0.2, 0.25) is 5.91 Å². The van der Waals surface area contributed by atoms with E-state index in [2.05, 4.69) is 26.7 Å². The molecule has 0 spiro atoms. The molecule has 1 atom stereocenters. The fraction of sp³-hybridized carbons (Fsp3) is 0.474. The maximum absolute atomic E-state index is 12.7. The van der Waals surface area contributed by atoms with Gasteiger partial charge in [-0.15, -0.1) is 10.2 Å². The van der Waals surface area contributed by atoms with Crippen LogP contribution in [0.4, 0.5) is 0 Å². The monoisotopic (exact) mass is 352 g/mol. The van der Waals surface area contributed by atoms with Crippen molar-refractivity contribution in [1.82, 2.24) is 29.0 Å². The van der Waals surface area contributed by atoms with Gasteiger partial charge in [-0.2, -0.15) is 0 Å². The Morgan fingerprint density at radius 1 is 1.27 bits per heavy atom. The number of rotatable bonds is 5. The second-order valence-electron chi connectivity index (χ2n) is 6.81. The van der Waals surface area contributed by atoms with Gasteiger partial charge in [0.15, 0.2) is 5.65 Å². The van der Waals surface area contributed by atoms with E-state index in [1.54, 1.807) is 6.20 Å². The number of hydrogen-bond acceptors (Lipinski definition) is 4. The van der Waals surface area contributed by atoms with E-state index in [1.807, 2.05) is 39.9 Å². The van der Waals surface area contributed by atoms with Crippen LogP contribution in [0.1, 0.15) is 43.8 Å². The average molecular weight is 352 g/mol. The molecule has 7 heteroatoms. The normalized spacial score (nSPS) is 17.7. The lowest BCUT2D eigenvalue weighted by Gasteiger charge is -2.32. The standard InChI is InChI=1S/C19H24N6O/c1-2-16-20-9-13-23(16)12-8-18(26)24-10-5-6-15(14-24)19-22-21-17-7-3-4-11-25(17)19/h3-4,7,9,11,13,15H,2,5-6,8,10,12,14H2,1H3. The Hall–Kier alpha value is -2.70. The first-order chi connectivity index (χ1) is 12.8. The highest BCUT2D eigenvalue weighted by molar-refractivity contribution is 5.76. The molecule has 136 valence electrons. The van der Waals surface area contributed by atoms with Crippen LogP contribution in [0, 0.1) is 0 Å². The molecule has 0 bridgehead atoms. The molecule has 1 fully saturated rings. The highest BCUT2D eigenvalue weighted by Crippen LogP contribution is 2.26. The molecule has 3 aromatic heterocycles.